The second kappa shape index (κ2) is 2.60. The van der Waals surface area contributed by atoms with E-state index in [1.54, 1.807) is 13.1 Å². The molecule has 2 aliphatic rings. The van der Waals surface area contributed by atoms with Crippen LogP contribution in [0.4, 0.5) is 0 Å². The minimum atomic E-state index is -0.939. The van der Waals surface area contributed by atoms with Gasteiger partial charge in [0.25, 0.3) is 0 Å². The smallest absolute Gasteiger partial charge is 0.328 e. The summed E-state index contributed by atoms with van der Waals surface area (Å²) in [5, 5.41) is 12.5. The summed E-state index contributed by atoms with van der Waals surface area (Å²) in [7, 11) is 1.71. The molecule has 13 heavy (non-hydrogen) atoms. The Labute approximate surface area is 75.9 Å². The minimum absolute atomic E-state index is 0.00639. The number of fused-ring (bicyclic) bond motifs is 1. The van der Waals surface area contributed by atoms with Gasteiger partial charge >= 0.3 is 5.97 Å². The number of nitrogens with zero attached hydrogens (tertiary/aromatic N) is 1. The van der Waals surface area contributed by atoms with Crippen molar-refractivity contribution in [1.82, 2.24) is 0 Å². The van der Waals surface area contributed by atoms with Crippen LogP contribution in [-0.4, -0.2) is 29.8 Å². The highest BCUT2D eigenvalue weighted by Gasteiger charge is 2.56. The van der Waals surface area contributed by atoms with E-state index >= 15 is 0 Å². The average Bonchev–Trinajstić information content (AvgIpc) is 2.71. The molecule has 0 saturated carbocycles. The Hall–Kier alpha value is -1.29. The zero-order valence-electron chi connectivity index (χ0n) is 7.23. The van der Waals surface area contributed by atoms with Crippen molar-refractivity contribution in [3.8, 4) is 0 Å². The van der Waals surface area contributed by atoms with Crippen LogP contribution in [0.1, 0.15) is 6.42 Å². The second-order valence-electron chi connectivity index (χ2n) is 3.18. The van der Waals surface area contributed by atoms with Crippen molar-refractivity contribution in [2.75, 3.05) is 7.05 Å². The minimum Gasteiger partial charge on any atom is -0.688 e. The first kappa shape index (κ1) is 8.31. The monoisotopic (exact) mass is 180 g/mol. The molecule has 4 heteroatoms. The van der Waals surface area contributed by atoms with E-state index < -0.39 is 5.97 Å². The van der Waals surface area contributed by atoms with Gasteiger partial charge in [-0.1, -0.05) is 6.08 Å². The van der Waals surface area contributed by atoms with Crippen LogP contribution in [0.25, 0.3) is 5.32 Å². The molecule has 0 radical (unpaired) electrons. The zero-order chi connectivity index (χ0) is 9.47. The van der Waals surface area contributed by atoms with Gasteiger partial charge < -0.3 is 15.2 Å². The van der Waals surface area contributed by atoms with Crippen LogP contribution >= 0.6 is 0 Å². The number of carbonyl (C=O) groups is 1. The lowest BCUT2D eigenvalue weighted by Crippen LogP contribution is -2.07. The highest BCUT2D eigenvalue weighted by atomic mass is 16.6. The normalized spacial score (nSPS) is 35.8. The van der Waals surface area contributed by atoms with Gasteiger partial charge in [-0.25, -0.2) is 4.79 Å². The maximum Gasteiger partial charge on any atom is 0.328 e. The lowest BCUT2D eigenvalue weighted by atomic mass is 10.1. The molecule has 0 spiro atoms. The van der Waals surface area contributed by atoms with Crippen molar-refractivity contribution < 1.29 is 14.6 Å². The van der Waals surface area contributed by atoms with Gasteiger partial charge in [-0.05, 0) is 12.5 Å². The summed E-state index contributed by atoms with van der Waals surface area (Å²) < 4.78 is 5.38. The number of epoxide rings is 1. The number of hydrogen-bond donors (Lipinski definition) is 1. The van der Waals surface area contributed by atoms with Crippen molar-refractivity contribution in [2.24, 2.45) is 0 Å². The third kappa shape index (κ3) is 1.23. The fourth-order valence-corrected chi connectivity index (χ4v) is 1.64. The molecule has 0 amide bonds. The Morgan fingerprint density at radius 1 is 1.92 bits per heavy atom. The first-order valence-electron chi connectivity index (χ1n) is 4.08. The van der Waals surface area contributed by atoms with E-state index in [9.17, 15) is 4.79 Å². The van der Waals surface area contributed by atoms with E-state index in [2.05, 4.69) is 5.32 Å². The number of ether oxygens (including phenoxy) is 1. The Morgan fingerprint density at radius 2 is 2.69 bits per heavy atom. The molecule has 0 unspecified atom stereocenters. The van der Waals surface area contributed by atoms with E-state index in [4.69, 9.17) is 9.84 Å². The van der Waals surface area contributed by atoms with Crippen molar-refractivity contribution in [1.29, 1.82) is 0 Å². The molecule has 1 saturated heterocycles. The Bertz CT molecular complexity index is 308. The molecule has 1 aliphatic carbocycles. The number of carboxylic acids is 1. The summed E-state index contributed by atoms with van der Waals surface area (Å²) in [5.41, 5.74) is 0.544. The number of likely N-dealkylation sites (N-methyl/N-ethyl adjacent to an activating group) is 1. The number of rotatable bonds is 3. The molecule has 0 aromatic carbocycles. The van der Waals surface area contributed by atoms with Gasteiger partial charge in [-0.3, -0.25) is 0 Å². The fraction of sp³-hybridized carbons (Fsp3) is 0.444. The van der Waals surface area contributed by atoms with Gasteiger partial charge in [0.2, 0.25) is 0 Å². The highest BCUT2D eigenvalue weighted by Crippen LogP contribution is 2.51. The molecular weight excluding hydrogens is 170 g/mol. The first-order chi connectivity index (χ1) is 6.18. The fourth-order valence-electron chi connectivity index (χ4n) is 1.64. The Kier molecular flexibility index (Phi) is 1.66. The molecule has 1 N–H and O–H groups in total. The van der Waals surface area contributed by atoms with Crippen LogP contribution in [0.2, 0.25) is 0 Å². The van der Waals surface area contributed by atoms with Gasteiger partial charge in [0.05, 0.1) is 6.10 Å². The summed E-state index contributed by atoms with van der Waals surface area (Å²) in [5.74, 6) is -0.939. The van der Waals surface area contributed by atoms with Gasteiger partial charge in [0, 0.05) is 6.08 Å². The number of carboxylic acid groups (broad SMARTS) is 1. The molecular formula is C9H10NO3-. The van der Waals surface area contributed by atoms with E-state index in [0.29, 0.717) is 0 Å². The molecule has 1 heterocycles. The molecule has 2 atom stereocenters. The summed E-state index contributed by atoms with van der Waals surface area (Å²) in [6.45, 7) is 0. The molecule has 1 aliphatic heterocycles. The number of aliphatic carboxylic acids is 1. The van der Waals surface area contributed by atoms with Crippen molar-refractivity contribution >= 4 is 5.97 Å². The van der Waals surface area contributed by atoms with Crippen molar-refractivity contribution in [2.45, 2.75) is 18.1 Å². The van der Waals surface area contributed by atoms with Crippen LogP contribution in [0, 0.1) is 0 Å². The van der Waals surface area contributed by atoms with E-state index in [-0.39, 0.29) is 11.7 Å². The quantitative estimate of drug-likeness (QED) is 0.521. The molecule has 0 aromatic heterocycles. The van der Waals surface area contributed by atoms with Crippen LogP contribution in [-0.2, 0) is 9.53 Å². The lowest BCUT2D eigenvalue weighted by molar-refractivity contribution is -0.131. The molecule has 0 aromatic rings. The standard InChI is InChI=1S/C9H10NO3/c1-10-6-2-4-9(8(6)13-9)5-3-7(11)12/h2-3,5,8H,4H2,1H3,(H,11,12)/q-1/b5-3+/t8-,9-/m0/s1. The van der Waals surface area contributed by atoms with Gasteiger partial charge in [-0.2, -0.15) is 0 Å². The first-order valence-corrected chi connectivity index (χ1v) is 4.08. The molecule has 0 bridgehead atoms. The van der Waals surface area contributed by atoms with Gasteiger partial charge in [0.1, 0.15) is 5.60 Å². The van der Waals surface area contributed by atoms with Crippen LogP contribution in [0.15, 0.2) is 23.9 Å². The van der Waals surface area contributed by atoms with Crippen LogP contribution in [0.5, 0.6) is 0 Å². The number of hydrogen-bond acceptors (Lipinski definition) is 2. The Morgan fingerprint density at radius 3 is 3.15 bits per heavy atom. The average molecular weight is 180 g/mol. The van der Waals surface area contributed by atoms with Crippen molar-refractivity contribution in [3.05, 3.63) is 29.2 Å². The topological polar surface area (TPSA) is 63.9 Å². The van der Waals surface area contributed by atoms with Crippen LogP contribution in [0.3, 0.4) is 0 Å². The summed E-state index contributed by atoms with van der Waals surface area (Å²) in [4.78, 5) is 10.3. The largest absolute Gasteiger partial charge is 0.688 e. The van der Waals surface area contributed by atoms with E-state index in [0.717, 1.165) is 18.2 Å². The third-order valence-electron chi connectivity index (χ3n) is 2.39. The second-order valence-corrected chi connectivity index (χ2v) is 3.18. The highest BCUT2D eigenvalue weighted by molar-refractivity contribution is 5.80. The third-order valence-corrected chi connectivity index (χ3v) is 2.39. The molecule has 2 rings (SSSR count). The maximum absolute atomic E-state index is 10.3. The van der Waals surface area contributed by atoms with Gasteiger partial charge in [0.15, 0.2) is 0 Å². The molecule has 1 fully saturated rings. The van der Waals surface area contributed by atoms with E-state index in [1.807, 2.05) is 6.08 Å². The summed E-state index contributed by atoms with van der Waals surface area (Å²) in [6, 6.07) is 0. The Balaban J connectivity index is 2.03. The summed E-state index contributed by atoms with van der Waals surface area (Å²) in [6.07, 6.45) is 5.45. The predicted octanol–water partition coefficient (Wildman–Crippen LogP) is 1.06. The maximum atomic E-state index is 10.3. The molecule has 4 nitrogen and oxygen atoms in total. The predicted molar refractivity (Wildman–Crippen MR) is 46.4 cm³/mol. The van der Waals surface area contributed by atoms with Crippen molar-refractivity contribution in [3.63, 3.8) is 0 Å². The molecule has 70 valence electrons. The van der Waals surface area contributed by atoms with E-state index in [1.165, 1.54) is 0 Å². The summed E-state index contributed by atoms with van der Waals surface area (Å²) >= 11 is 0. The van der Waals surface area contributed by atoms with Crippen LogP contribution < -0.4 is 0 Å². The lowest BCUT2D eigenvalue weighted by Gasteiger charge is -2.13. The van der Waals surface area contributed by atoms with Gasteiger partial charge in [-0.15, -0.1) is 12.7 Å². The SMILES string of the molecule is C[N-]C1=CC[C@@]2(/C=C/C(=O)O)O[C@@H]12. The zero-order valence-corrected chi connectivity index (χ0v) is 7.23.